The van der Waals surface area contributed by atoms with E-state index in [0.717, 1.165) is 72.8 Å². The minimum Gasteiger partial charge on any atom is -0.465 e. The number of anilines is 2. The smallest absolute Gasteiger partial charge is 0.407 e. The van der Waals surface area contributed by atoms with Gasteiger partial charge >= 0.3 is 6.09 Å². The Kier molecular flexibility index (Phi) is 4.86. The molecule has 0 bridgehead atoms. The summed E-state index contributed by atoms with van der Waals surface area (Å²) in [5.74, 6) is 1.75. The number of H-pyrrole nitrogens is 1. The first kappa shape index (κ1) is 18.7. The van der Waals surface area contributed by atoms with Crippen LogP contribution >= 0.6 is 0 Å². The van der Waals surface area contributed by atoms with Gasteiger partial charge in [0.05, 0.1) is 11.9 Å². The Balaban J connectivity index is 1.55. The average Bonchev–Trinajstić information content (AvgIpc) is 3.40. The predicted molar refractivity (Wildman–Crippen MR) is 115 cm³/mol. The molecule has 1 amide bonds. The van der Waals surface area contributed by atoms with Gasteiger partial charge in [-0.3, -0.25) is 0 Å². The first-order valence-corrected chi connectivity index (χ1v) is 10.5. The van der Waals surface area contributed by atoms with E-state index in [9.17, 15) is 9.90 Å². The maximum absolute atomic E-state index is 11.4. The van der Waals surface area contributed by atoms with Crippen LogP contribution in [0.2, 0.25) is 0 Å². The first-order valence-electron chi connectivity index (χ1n) is 10.5. The van der Waals surface area contributed by atoms with Crippen molar-refractivity contribution in [1.29, 1.82) is 0 Å². The number of nitrogens with zero attached hydrogens (tertiary/aromatic N) is 6. The van der Waals surface area contributed by atoms with Gasteiger partial charge in [0, 0.05) is 62.6 Å². The number of pyridine rings is 1. The molecule has 2 fully saturated rings. The fraction of sp³-hybridized carbons (Fsp3) is 0.429. The molecular weight excluding hydrogens is 382 g/mol. The molecule has 0 saturated carbocycles. The molecule has 0 atom stereocenters. The Morgan fingerprint density at radius 3 is 2.57 bits per heavy atom. The second-order valence-electron chi connectivity index (χ2n) is 7.81. The number of hydrogen-bond donors (Lipinski definition) is 2. The SMILES string of the molecule is O=C(O)N1CCCN(c2nc(-c3ccnc4[nH]ccc34)cnc2N2CCCC2)CC1. The van der Waals surface area contributed by atoms with Gasteiger partial charge in [0.25, 0.3) is 0 Å². The topological polar surface area (TPSA) is 101 Å². The zero-order chi connectivity index (χ0) is 20.5. The molecule has 2 aliphatic heterocycles. The Labute approximate surface area is 174 Å². The Morgan fingerprint density at radius 1 is 0.933 bits per heavy atom. The van der Waals surface area contributed by atoms with Crippen LogP contribution in [-0.2, 0) is 0 Å². The lowest BCUT2D eigenvalue weighted by Crippen LogP contribution is -2.35. The van der Waals surface area contributed by atoms with Crippen LogP contribution in [0.4, 0.5) is 16.4 Å². The standard InChI is InChI=1S/C21H25N7O2/c29-21(30)28-11-3-10-27(12-13-28)20-19(26-8-1-2-9-26)24-14-17(25-20)15-4-6-22-18-16(15)5-7-23-18/h4-7,14H,1-3,8-13H2,(H,22,23)(H,29,30). The van der Waals surface area contributed by atoms with E-state index < -0.39 is 6.09 Å². The van der Waals surface area contributed by atoms with Crippen LogP contribution in [0.15, 0.2) is 30.7 Å². The number of amides is 1. The summed E-state index contributed by atoms with van der Waals surface area (Å²) in [5.41, 5.74) is 2.62. The number of nitrogens with one attached hydrogen (secondary N) is 1. The second-order valence-corrected chi connectivity index (χ2v) is 7.81. The highest BCUT2D eigenvalue weighted by atomic mass is 16.4. The van der Waals surface area contributed by atoms with E-state index in [0.29, 0.717) is 19.6 Å². The number of fused-ring (bicyclic) bond motifs is 1. The third-order valence-electron chi connectivity index (χ3n) is 5.94. The molecule has 9 heteroatoms. The van der Waals surface area contributed by atoms with E-state index in [1.807, 2.05) is 24.5 Å². The summed E-state index contributed by atoms with van der Waals surface area (Å²) in [6.07, 6.45) is 7.73. The normalized spacial score (nSPS) is 17.5. The van der Waals surface area contributed by atoms with Crippen molar-refractivity contribution in [3.8, 4) is 11.3 Å². The van der Waals surface area contributed by atoms with Crippen LogP contribution in [0.25, 0.3) is 22.3 Å². The molecular formula is C21H25N7O2. The summed E-state index contributed by atoms with van der Waals surface area (Å²) in [7, 11) is 0. The number of carboxylic acid groups (broad SMARTS) is 1. The maximum atomic E-state index is 11.4. The van der Waals surface area contributed by atoms with Gasteiger partial charge in [-0.1, -0.05) is 0 Å². The van der Waals surface area contributed by atoms with E-state index in [2.05, 4.69) is 19.8 Å². The Morgan fingerprint density at radius 2 is 1.73 bits per heavy atom. The van der Waals surface area contributed by atoms with Crippen molar-refractivity contribution in [2.24, 2.45) is 0 Å². The summed E-state index contributed by atoms with van der Waals surface area (Å²) in [6.45, 7) is 4.35. The molecule has 0 aliphatic carbocycles. The molecule has 156 valence electrons. The molecule has 0 spiro atoms. The monoisotopic (exact) mass is 407 g/mol. The Bertz CT molecular complexity index is 1060. The highest BCUT2D eigenvalue weighted by molar-refractivity contribution is 5.92. The van der Waals surface area contributed by atoms with Crippen LogP contribution in [0, 0.1) is 0 Å². The van der Waals surface area contributed by atoms with Crippen LogP contribution in [0.3, 0.4) is 0 Å². The van der Waals surface area contributed by atoms with Gasteiger partial charge in [-0.15, -0.1) is 0 Å². The molecule has 5 heterocycles. The van der Waals surface area contributed by atoms with Gasteiger partial charge in [-0.25, -0.2) is 19.7 Å². The largest absolute Gasteiger partial charge is 0.465 e. The van der Waals surface area contributed by atoms with Gasteiger partial charge in [0.15, 0.2) is 11.6 Å². The number of aromatic amines is 1. The summed E-state index contributed by atoms with van der Waals surface area (Å²) in [6, 6.07) is 3.97. The van der Waals surface area contributed by atoms with Crippen molar-refractivity contribution in [2.45, 2.75) is 19.3 Å². The summed E-state index contributed by atoms with van der Waals surface area (Å²) >= 11 is 0. The molecule has 5 rings (SSSR count). The fourth-order valence-corrected chi connectivity index (χ4v) is 4.37. The number of rotatable bonds is 3. The molecule has 3 aromatic heterocycles. The average molecular weight is 407 g/mol. The van der Waals surface area contributed by atoms with Gasteiger partial charge in [0.2, 0.25) is 0 Å². The van der Waals surface area contributed by atoms with Crippen molar-refractivity contribution in [2.75, 3.05) is 49.1 Å². The van der Waals surface area contributed by atoms with Crippen LogP contribution < -0.4 is 9.80 Å². The molecule has 30 heavy (non-hydrogen) atoms. The lowest BCUT2D eigenvalue weighted by molar-refractivity contribution is 0.148. The maximum Gasteiger partial charge on any atom is 0.407 e. The lowest BCUT2D eigenvalue weighted by atomic mass is 10.1. The zero-order valence-electron chi connectivity index (χ0n) is 16.8. The lowest BCUT2D eigenvalue weighted by Gasteiger charge is -2.28. The first-order chi connectivity index (χ1) is 14.7. The van der Waals surface area contributed by atoms with Crippen LogP contribution in [0.5, 0.6) is 0 Å². The van der Waals surface area contributed by atoms with E-state index in [1.54, 1.807) is 6.20 Å². The number of aromatic nitrogens is 4. The van der Waals surface area contributed by atoms with E-state index >= 15 is 0 Å². The third-order valence-corrected chi connectivity index (χ3v) is 5.94. The van der Waals surface area contributed by atoms with E-state index in [4.69, 9.17) is 9.97 Å². The van der Waals surface area contributed by atoms with Crippen molar-refractivity contribution < 1.29 is 9.90 Å². The molecule has 3 aromatic rings. The zero-order valence-corrected chi connectivity index (χ0v) is 16.8. The van der Waals surface area contributed by atoms with Crippen LogP contribution in [0.1, 0.15) is 19.3 Å². The van der Waals surface area contributed by atoms with E-state index in [1.165, 1.54) is 4.90 Å². The van der Waals surface area contributed by atoms with Crippen molar-refractivity contribution in [1.82, 2.24) is 24.8 Å². The highest BCUT2D eigenvalue weighted by Gasteiger charge is 2.26. The van der Waals surface area contributed by atoms with E-state index in [-0.39, 0.29) is 0 Å². The minimum absolute atomic E-state index is 0.470. The fourth-order valence-electron chi connectivity index (χ4n) is 4.37. The number of carbonyl (C=O) groups is 1. The minimum atomic E-state index is -0.858. The van der Waals surface area contributed by atoms with Gasteiger partial charge in [-0.2, -0.15) is 0 Å². The summed E-state index contributed by atoms with van der Waals surface area (Å²) < 4.78 is 0. The molecule has 2 aliphatic rings. The highest BCUT2D eigenvalue weighted by Crippen LogP contribution is 2.33. The third kappa shape index (κ3) is 3.40. The molecule has 0 unspecified atom stereocenters. The molecule has 0 radical (unpaired) electrons. The summed E-state index contributed by atoms with van der Waals surface area (Å²) in [4.78, 5) is 34.8. The molecule has 2 saturated heterocycles. The quantitative estimate of drug-likeness (QED) is 0.688. The molecule has 0 aromatic carbocycles. The molecule has 9 nitrogen and oxygen atoms in total. The van der Waals surface area contributed by atoms with Gasteiger partial charge in [0.1, 0.15) is 5.65 Å². The van der Waals surface area contributed by atoms with Crippen molar-refractivity contribution >= 4 is 28.8 Å². The Hall–Kier alpha value is -3.36. The van der Waals surface area contributed by atoms with Crippen LogP contribution in [-0.4, -0.2) is 75.3 Å². The predicted octanol–water partition coefficient (Wildman–Crippen LogP) is 2.81. The number of hydrogen-bond acceptors (Lipinski definition) is 6. The molecule has 2 N–H and O–H groups in total. The van der Waals surface area contributed by atoms with Crippen molar-refractivity contribution in [3.63, 3.8) is 0 Å². The summed E-state index contributed by atoms with van der Waals surface area (Å²) in [5, 5.41) is 10.4. The van der Waals surface area contributed by atoms with Gasteiger partial charge in [-0.05, 0) is 31.4 Å². The van der Waals surface area contributed by atoms with Crippen molar-refractivity contribution in [3.05, 3.63) is 30.7 Å². The van der Waals surface area contributed by atoms with Gasteiger partial charge < -0.3 is 24.8 Å². The second kappa shape index (κ2) is 7.81.